The highest BCUT2D eigenvalue weighted by atomic mass is 19.3. The SMILES string of the molecule is CN(C(=O)O)[C@H]1CCc2cccc3c2N(C1=O)[C@H](C(=O)N1CCC[C@H]1C(=O)Nc1ccc(-c2ccc(-c4cnc([C@@H]5CC(F)(F)CN5)[nH]4)cc2)cc1)C3. The number of likely N-dealkylation sites (tertiary alicyclic amines) is 1. The molecule has 0 radical (unpaired) electrons. The van der Waals surface area contributed by atoms with Gasteiger partial charge in [-0.3, -0.25) is 24.2 Å². The predicted octanol–water partition coefficient (Wildman–Crippen LogP) is 5.23. The fraction of sp³-hybridized carbons (Fsp3) is 0.359. The quantitative estimate of drug-likeness (QED) is 0.204. The largest absolute Gasteiger partial charge is 0.465 e. The molecule has 4 aliphatic rings. The summed E-state index contributed by atoms with van der Waals surface area (Å²) in [5.41, 5.74) is 6.50. The maximum atomic E-state index is 14.2. The number of nitrogens with zero attached hydrogens (tertiary/aromatic N) is 4. The van der Waals surface area contributed by atoms with E-state index >= 15 is 0 Å². The summed E-state index contributed by atoms with van der Waals surface area (Å²) in [6.07, 6.45) is 2.37. The summed E-state index contributed by atoms with van der Waals surface area (Å²) in [6, 6.07) is 17.8. The molecule has 0 spiro atoms. The Morgan fingerprint density at radius 2 is 1.66 bits per heavy atom. The average Bonchev–Trinajstić information content (AvgIpc) is 3.96. The molecule has 14 heteroatoms. The number of carbonyl (C=O) groups is 4. The number of H-pyrrole nitrogens is 1. The molecule has 3 aromatic carbocycles. The third-order valence-electron chi connectivity index (χ3n) is 11.0. The molecule has 1 aromatic heterocycles. The Morgan fingerprint density at radius 3 is 2.36 bits per heavy atom. The van der Waals surface area contributed by atoms with Gasteiger partial charge in [0.1, 0.15) is 23.9 Å². The number of rotatable bonds is 7. The Bertz CT molecular complexity index is 2090. The number of imidazole rings is 1. The standard InChI is InChI=1S/C39H39F2N7O5/c1-46(38(52)53)31-16-13-25-4-2-5-26-18-32(48(33(25)26)37(31)51)36(50)47-17-3-6-30(47)35(49)44-27-14-11-23(12-15-27)22-7-9-24(10-8-22)29-20-42-34(45-29)28-19-39(40,41)21-43-28/h2,4-5,7-12,14-15,20,28,30-32,43H,3,6,13,16-19,21H2,1H3,(H,42,45)(H,44,49)(H,52,53)/t28-,30-,31-,32-/m0/s1. The third kappa shape index (κ3) is 6.41. The van der Waals surface area contributed by atoms with E-state index in [0.29, 0.717) is 55.8 Å². The minimum absolute atomic E-state index is 0.292. The van der Waals surface area contributed by atoms with Crippen LogP contribution in [0.4, 0.5) is 25.0 Å². The first-order valence-electron chi connectivity index (χ1n) is 17.9. The van der Waals surface area contributed by atoms with Crippen LogP contribution in [0.5, 0.6) is 0 Å². The van der Waals surface area contributed by atoms with Crippen molar-refractivity contribution in [3.63, 3.8) is 0 Å². The molecule has 4 N–H and O–H groups in total. The van der Waals surface area contributed by atoms with Crippen LogP contribution in [0, 0.1) is 0 Å². The van der Waals surface area contributed by atoms with Crippen LogP contribution in [0.15, 0.2) is 72.9 Å². The van der Waals surface area contributed by atoms with Gasteiger partial charge >= 0.3 is 6.09 Å². The lowest BCUT2D eigenvalue weighted by Gasteiger charge is -2.33. The van der Waals surface area contributed by atoms with E-state index in [9.17, 15) is 33.1 Å². The number of nitrogens with one attached hydrogen (secondary N) is 3. The molecular formula is C39H39F2N7O5. The number of halogens is 2. The van der Waals surface area contributed by atoms with Gasteiger partial charge in [-0.2, -0.15) is 0 Å². The highest BCUT2D eigenvalue weighted by molar-refractivity contribution is 6.08. The van der Waals surface area contributed by atoms with Crippen molar-refractivity contribution >= 4 is 35.2 Å². The molecule has 274 valence electrons. The molecule has 4 aliphatic heterocycles. The topological polar surface area (TPSA) is 151 Å². The van der Waals surface area contributed by atoms with Crippen molar-refractivity contribution in [3.8, 4) is 22.4 Å². The third-order valence-corrected chi connectivity index (χ3v) is 11.0. The van der Waals surface area contributed by atoms with Gasteiger partial charge in [-0.05, 0) is 65.6 Å². The van der Waals surface area contributed by atoms with Gasteiger partial charge in [0.15, 0.2) is 0 Å². The van der Waals surface area contributed by atoms with Crippen molar-refractivity contribution in [1.82, 2.24) is 25.1 Å². The number of aryl methyl sites for hydroxylation is 1. The zero-order valence-electron chi connectivity index (χ0n) is 29.0. The maximum absolute atomic E-state index is 14.2. The second-order valence-corrected chi connectivity index (χ2v) is 14.3. The number of carbonyl (C=O) groups excluding carboxylic acids is 3. The Morgan fingerprint density at radius 1 is 0.962 bits per heavy atom. The lowest BCUT2D eigenvalue weighted by atomic mass is 10.0. The fourth-order valence-electron chi connectivity index (χ4n) is 8.18. The first kappa shape index (κ1) is 34.5. The molecule has 2 fully saturated rings. The molecule has 5 heterocycles. The van der Waals surface area contributed by atoms with E-state index in [-0.39, 0.29) is 24.8 Å². The molecule has 4 aromatic rings. The first-order valence-corrected chi connectivity index (χ1v) is 17.9. The first-order chi connectivity index (χ1) is 25.5. The Hall–Kier alpha value is -5.63. The molecule has 0 aliphatic carbocycles. The number of hydrogen-bond donors (Lipinski definition) is 4. The Kier molecular flexibility index (Phi) is 8.72. The predicted molar refractivity (Wildman–Crippen MR) is 192 cm³/mol. The molecule has 12 nitrogen and oxygen atoms in total. The van der Waals surface area contributed by atoms with Crippen molar-refractivity contribution in [2.24, 2.45) is 0 Å². The number of benzene rings is 3. The molecule has 8 rings (SSSR count). The zero-order valence-corrected chi connectivity index (χ0v) is 29.0. The zero-order chi connectivity index (χ0) is 37.0. The summed E-state index contributed by atoms with van der Waals surface area (Å²) in [4.78, 5) is 65.2. The lowest BCUT2D eigenvalue weighted by molar-refractivity contribution is -0.139. The van der Waals surface area contributed by atoms with Gasteiger partial charge in [-0.15, -0.1) is 0 Å². The molecule has 53 heavy (non-hydrogen) atoms. The molecule has 4 amide bonds. The minimum Gasteiger partial charge on any atom is -0.465 e. The van der Waals surface area contributed by atoms with Crippen molar-refractivity contribution in [1.29, 1.82) is 0 Å². The van der Waals surface area contributed by atoms with Crippen molar-refractivity contribution in [2.75, 3.05) is 30.4 Å². The summed E-state index contributed by atoms with van der Waals surface area (Å²) < 4.78 is 27.3. The normalized spacial score (nSPS) is 23.1. The average molecular weight is 724 g/mol. The number of hydrogen-bond acceptors (Lipinski definition) is 6. The van der Waals surface area contributed by atoms with Crippen molar-refractivity contribution in [3.05, 3.63) is 89.9 Å². The van der Waals surface area contributed by atoms with Crippen LogP contribution >= 0.6 is 0 Å². The molecule has 2 saturated heterocycles. The number of aromatic nitrogens is 2. The van der Waals surface area contributed by atoms with E-state index in [0.717, 1.165) is 38.4 Å². The molecule has 0 saturated carbocycles. The van der Waals surface area contributed by atoms with E-state index in [2.05, 4.69) is 20.6 Å². The highest BCUT2D eigenvalue weighted by Crippen LogP contribution is 2.41. The number of alkyl halides is 2. The van der Waals surface area contributed by atoms with Gasteiger partial charge < -0.3 is 25.6 Å². The number of anilines is 2. The summed E-state index contributed by atoms with van der Waals surface area (Å²) in [7, 11) is 1.38. The van der Waals surface area contributed by atoms with E-state index < -0.39 is 42.1 Å². The number of carboxylic acid groups (broad SMARTS) is 1. The second-order valence-electron chi connectivity index (χ2n) is 14.3. The second kappa shape index (κ2) is 13.4. The Labute approximate surface area is 304 Å². The van der Waals surface area contributed by atoms with E-state index in [1.165, 1.54) is 11.9 Å². The summed E-state index contributed by atoms with van der Waals surface area (Å²) in [5, 5.41) is 15.5. The van der Waals surface area contributed by atoms with Crippen LogP contribution in [0.2, 0.25) is 0 Å². The van der Waals surface area contributed by atoms with Gasteiger partial charge in [0.05, 0.1) is 30.2 Å². The van der Waals surface area contributed by atoms with E-state index in [1.54, 1.807) is 23.2 Å². The summed E-state index contributed by atoms with van der Waals surface area (Å²) in [6.45, 7) is 0.0130. The van der Waals surface area contributed by atoms with Gasteiger partial charge in [-0.25, -0.2) is 18.6 Å². The number of amides is 4. The van der Waals surface area contributed by atoms with Crippen LogP contribution in [0.25, 0.3) is 22.4 Å². The minimum atomic E-state index is -2.74. The molecular weight excluding hydrogens is 684 g/mol. The van der Waals surface area contributed by atoms with Crippen molar-refractivity contribution < 1.29 is 33.1 Å². The lowest BCUT2D eigenvalue weighted by Crippen LogP contribution is -2.56. The number of aromatic amines is 1. The number of likely N-dealkylation sites (N-methyl/N-ethyl adjacent to an activating group) is 1. The van der Waals surface area contributed by atoms with Gasteiger partial charge in [0.2, 0.25) is 11.8 Å². The number of para-hydroxylation sites is 1. The molecule has 0 unspecified atom stereocenters. The van der Waals surface area contributed by atoms with Crippen LogP contribution in [0.3, 0.4) is 0 Å². The van der Waals surface area contributed by atoms with Gasteiger partial charge in [-0.1, -0.05) is 54.6 Å². The Balaban J connectivity index is 0.931. The highest BCUT2D eigenvalue weighted by Gasteiger charge is 2.48. The van der Waals surface area contributed by atoms with Gasteiger partial charge in [0.25, 0.3) is 11.8 Å². The van der Waals surface area contributed by atoms with Crippen LogP contribution < -0.4 is 15.5 Å². The van der Waals surface area contributed by atoms with Crippen LogP contribution in [-0.4, -0.2) is 92.9 Å². The maximum Gasteiger partial charge on any atom is 0.407 e. The van der Waals surface area contributed by atoms with E-state index in [1.807, 2.05) is 54.6 Å². The van der Waals surface area contributed by atoms with Crippen LogP contribution in [-0.2, 0) is 27.2 Å². The molecule has 0 bridgehead atoms. The fourth-order valence-corrected chi connectivity index (χ4v) is 8.18. The summed E-state index contributed by atoms with van der Waals surface area (Å²) in [5.74, 6) is -3.32. The van der Waals surface area contributed by atoms with Crippen LogP contribution in [0.1, 0.15) is 48.7 Å². The summed E-state index contributed by atoms with van der Waals surface area (Å²) >= 11 is 0. The van der Waals surface area contributed by atoms with Crippen molar-refractivity contribution in [2.45, 2.75) is 68.6 Å². The smallest absolute Gasteiger partial charge is 0.407 e. The molecule has 4 atom stereocenters. The monoisotopic (exact) mass is 723 g/mol. The van der Waals surface area contributed by atoms with E-state index in [4.69, 9.17) is 0 Å². The van der Waals surface area contributed by atoms with Gasteiger partial charge in [0, 0.05) is 32.1 Å².